The van der Waals surface area contributed by atoms with Crippen LogP contribution in [0.1, 0.15) is 23.1 Å². The van der Waals surface area contributed by atoms with Crippen molar-refractivity contribution in [2.45, 2.75) is 13.5 Å². The highest BCUT2D eigenvalue weighted by atomic mass is 16.1. The Morgan fingerprint density at radius 3 is 2.85 bits per heavy atom. The molecule has 0 aliphatic carbocycles. The number of nitrogens with zero attached hydrogens (tertiary/aromatic N) is 3. The van der Waals surface area contributed by atoms with Crippen molar-refractivity contribution in [2.75, 3.05) is 17.6 Å². The minimum absolute atomic E-state index is 0.126. The maximum atomic E-state index is 11.7. The first-order valence-corrected chi connectivity index (χ1v) is 6.36. The van der Waals surface area contributed by atoms with Crippen LogP contribution in [0.3, 0.4) is 0 Å². The molecule has 7 heteroatoms. The van der Waals surface area contributed by atoms with Crippen molar-refractivity contribution in [3.8, 4) is 0 Å². The molecular formula is C13H18N6O. The number of aromatic nitrogens is 3. The lowest BCUT2D eigenvalue weighted by Gasteiger charge is -2.10. The third-order valence-corrected chi connectivity index (χ3v) is 2.89. The number of anilines is 2. The first-order chi connectivity index (χ1) is 9.61. The number of hydrogen-bond donors (Lipinski definition) is 3. The van der Waals surface area contributed by atoms with Crippen LogP contribution in [0.2, 0.25) is 0 Å². The Morgan fingerprint density at radius 2 is 2.25 bits per heavy atom. The summed E-state index contributed by atoms with van der Waals surface area (Å²) in [4.78, 5) is 11.7. The zero-order valence-corrected chi connectivity index (χ0v) is 11.6. The number of nitrogens with one attached hydrogen (secondary N) is 2. The molecule has 0 aliphatic rings. The molecule has 20 heavy (non-hydrogen) atoms. The molecule has 0 atom stereocenters. The van der Waals surface area contributed by atoms with Crippen molar-refractivity contribution in [1.29, 1.82) is 0 Å². The van der Waals surface area contributed by atoms with Gasteiger partial charge in [-0.25, -0.2) is 0 Å². The summed E-state index contributed by atoms with van der Waals surface area (Å²) in [5.41, 5.74) is 7.79. The fourth-order valence-corrected chi connectivity index (χ4v) is 1.77. The van der Waals surface area contributed by atoms with Gasteiger partial charge < -0.3 is 20.9 Å². The maximum absolute atomic E-state index is 11.7. The third kappa shape index (κ3) is 3.05. The maximum Gasteiger partial charge on any atom is 0.251 e. The number of hydrogen-bond acceptors (Lipinski definition) is 5. The van der Waals surface area contributed by atoms with Gasteiger partial charge in [0.05, 0.1) is 17.9 Å². The first-order valence-electron chi connectivity index (χ1n) is 6.36. The summed E-state index contributed by atoms with van der Waals surface area (Å²) < 4.78 is 1.83. The number of carbonyl (C=O) groups is 1. The van der Waals surface area contributed by atoms with Gasteiger partial charge in [-0.2, -0.15) is 0 Å². The van der Waals surface area contributed by atoms with E-state index in [2.05, 4.69) is 20.8 Å². The number of rotatable bonds is 5. The monoisotopic (exact) mass is 274 g/mol. The lowest BCUT2D eigenvalue weighted by molar-refractivity contribution is 0.0956. The van der Waals surface area contributed by atoms with Crippen LogP contribution in [-0.4, -0.2) is 27.2 Å². The second-order valence-corrected chi connectivity index (χ2v) is 4.37. The summed E-state index contributed by atoms with van der Waals surface area (Å²) in [5, 5.41) is 13.7. The predicted octanol–water partition coefficient (Wildman–Crippen LogP) is 0.759. The van der Waals surface area contributed by atoms with Crippen molar-refractivity contribution >= 4 is 17.3 Å². The molecule has 0 fully saturated rings. The van der Waals surface area contributed by atoms with Gasteiger partial charge in [-0.15, -0.1) is 10.2 Å². The fourth-order valence-electron chi connectivity index (χ4n) is 1.77. The zero-order valence-electron chi connectivity index (χ0n) is 11.6. The highest BCUT2D eigenvalue weighted by Crippen LogP contribution is 2.20. The summed E-state index contributed by atoms with van der Waals surface area (Å²) in [6.07, 6.45) is 1.64. The van der Waals surface area contributed by atoms with Crippen molar-refractivity contribution in [3.05, 3.63) is 35.9 Å². The fraction of sp³-hybridized carbons (Fsp3) is 0.308. The molecule has 7 nitrogen and oxygen atoms in total. The summed E-state index contributed by atoms with van der Waals surface area (Å²) in [7, 11) is 1.87. The molecule has 2 rings (SSSR count). The van der Waals surface area contributed by atoms with Gasteiger partial charge in [0.2, 0.25) is 0 Å². The van der Waals surface area contributed by atoms with Crippen LogP contribution in [0, 0.1) is 0 Å². The molecule has 1 heterocycles. The van der Waals surface area contributed by atoms with E-state index in [1.165, 1.54) is 0 Å². The molecule has 1 amide bonds. The summed E-state index contributed by atoms with van der Waals surface area (Å²) >= 11 is 0. The molecular weight excluding hydrogens is 256 g/mol. The van der Waals surface area contributed by atoms with Gasteiger partial charge in [-0.05, 0) is 25.1 Å². The van der Waals surface area contributed by atoms with Crippen LogP contribution in [0.4, 0.5) is 11.4 Å². The van der Waals surface area contributed by atoms with Gasteiger partial charge in [0, 0.05) is 19.2 Å². The average Bonchev–Trinajstić information content (AvgIpc) is 2.83. The van der Waals surface area contributed by atoms with Crippen LogP contribution < -0.4 is 16.4 Å². The van der Waals surface area contributed by atoms with Crippen LogP contribution >= 0.6 is 0 Å². The number of aryl methyl sites for hydroxylation is 1. The molecule has 0 saturated carbocycles. The highest BCUT2D eigenvalue weighted by molar-refractivity contribution is 5.96. The smallest absolute Gasteiger partial charge is 0.251 e. The molecule has 0 radical (unpaired) electrons. The van der Waals surface area contributed by atoms with Crippen molar-refractivity contribution in [1.82, 2.24) is 20.1 Å². The molecule has 2 aromatic rings. The first kappa shape index (κ1) is 13.9. The Kier molecular flexibility index (Phi) is 4.19. The van der Waals surface area contributed by atoms with Gasteiger partial charge in [0.25, 0.3) is 5.91 Å². The zero-order chi connectivity index (χ0) is 14.5. The van der Waals surface area contributed by atoms with E-state index in [0.29, 0.717) is 24.3 Å². The standard InChI is InChI=1S/C13H18N6O/c1-3-15-13(20)9-4-5-11(10(14)6-9)16-7-12-18-17-8-19(12)2/h4-6,8,16H,3,7,14H2,1-2H3,(H,15,20). The van der Waals surface area contributed by atoms with Crippen molar-refractivity contribution < 1.29 is 4.79 Å². The molecule has 106 valence electrons. The predicted molar refractivity (Wildman–Crippen MR) is 77.2 cm³/mol. The molecule has 0 saturated heterocycles. The van der Waals surface area contributed by atoms with Crippen molar-refractivity contribution in [3.63, 3.8) is 0 Å². The highest BCUT2D eigenvalue weighted by Gasteiger charge is 2.08. The summed E-state index contributed by atoms with van der Waals surface area (Å²) in [6, 6.07) is 5.18. The molecule has 0 bridgehead atoms. The van der Waals surface area contributed by atoms with Gasteiger partial charge in [0.15, 0.2) is 5.82 Å². The minimum Gasteiger partial charge on any atom is -0.397 e. The van der Waals surface area contributed by atoms with E-state index in [4.69, 9.17) is 5.73 Å². The van der Waals surface area contributed by atoms with E-state index in [9.17, 15) is 4.79 Å². The van der Waals surface area contributed by atoms with Crippen LogP contribution in [0.15, 0.2) is 24.5 Å². The average molecular weight is 274 g/mol. The Balaban J connectivity index is 2.06. The van der Waals surface area contributed by atoms with Crippen LogP contribution in [0.25, 0.3) is 0 Å². The second-order valence-electron chi connectivity index (χ2n) is 4.37. The molecule has 1 aromatic carbocycles. The quantitative estimate of drug-likeness (QED) is 0.699. The minimum atomic E-state index is -0.126. The number of amides is 1. The Morgan fingerprint density at radius 1 is 1.45 bits per heavy atom. The number of benzene rings is 1. The Labute approximate surface area is 117 Å². The SMILES string of the molecule is CCNC(=O)c1ccc(NCc2nncn2C)c(N)c1. The summed E-state index contributed by atoms with van der Waals surface area (Å²) in [5.74, 6) is 0.677. The van der Waals surface area contributed by atoms with E-state index in [1.54, 1.807) is 24.5 Å². The van der Waals surface area contributed by atoms with Gasteiger partial charge in [-0.3, -0.25) is 4.79 Å². The third-order valence-electron chi connectivity index (χ3n) is 2.89. The molecule has 0 aliphatic heterocycles. The Bertz CT molecular complexity index is 607. The normalized spacial score (nSPS) is 10.3. The number of nitrogen functional groups attached to an aromatic ring is 1. The van der Waals surface area contributed by atoms with E-state index in [0.717, 1.165) is 11.5 Å². The molecule has 4 N–H and O–H groups in total. The van der Waals surface area contributed by atoms with Gasteiger partial charge in [-0.1, -0.05) is 0 Å². The Hall–Kier alpha value is -2.57. The van der Waals surface area contributed by atoms with E-state index in [1.807, 2.05) is 18.5 Å². The van der Waals surface area contributed by atoms with E-state index >= 15 is 0 Å². The van der Waals surface area contributed by atoms with Crippen LogP contribution in [0.5, 0.6) is 0 Å². The topological polar surface area (TPSA) is 97.9 Å². The largest absolute Gasteiger partial charge is 0.397 e. The molecule has 1 aromatic heterocycles. The summed E-state index contributed by atoms with van der Waals surface area (Å²) in [6.45, 7) is 2.98. The lowest BCUT2D eigenvalue weighted by Crippen LogP contribution is -2.22. The van der Waals surface area contributed by atoms with Crippen molar-refractivity contribution in [2.24, 2.45) is 7.05 Å². The molecule has 0 unspecified atom stereocenters. The van der Waals surface area contributed by atoms with E-state index < -0.39 is 0 Å². The lowest BCUT2D eigenvalue weighted by atomic mass is 10.1. The van der Waals surface area contributed by atoms with E-state index in [-0.39, 0.29) is 5.91 Å². The van der Waals surface area contributed by atoms with Gasteiger partial charge >= 0.3 is 0 Å². The number of nitrogens with two attached hydrogens (primary N) is 1. The van der Waals surface area contributed by atoms with Gasteiger partial charge in [0.1, 0.15) is 6.33 Å². The van der Waals surface area contributed by atoms with Crippen LogP contribution in [-0.2, 0) is 13.6 Å². The molecule has 0 spiro atoms. The second kappa shape index (κ2) is 6.05. The number of carbonyl (C=O) groups excluding carboxylic acids is 1.